The largest absolute Gasteiger partial charge is 0.469 e. The van der Waals surface area contributed by atoms with Crippen LogP contribution >= 0.6 is 31.9 Å². The highest BCUT2D eigenvalue weighted by Gasteiger charge is 2.16. The van der Waals surface area contributed by atoms with Crippen molar-refractivity contribution >= 4 is 31.9 Å². The van der Waals surface area contributed by atoms with Crippen molar-refractivity contribution in [3.05, 3.63) is 51.1 Å². The topological polar surface area (TPSA) is 64.1 Å². The average Bonchev–Trinajstić information content (AvgIpc) is 2.79. The van der Waals surface area contributed by atoms with Crippen LogP contribution in [0.5, 0.6) is 0 Å². The number of nitrogens with zero attached hydrogens (tertiary/aromatic N) is 1. The summed E-state index contributed by atoms with van der Waals surface area (Å²) >= 11 is 6.84. The Morgan fingerprint density at radius 1 is 1.47 bits per heavy atom. The molecule has 0 aliphatic carbocycles. The predicted molar refractivity (Wildman–Crippen MR) is 72.1 cm³/mol. The molecule has 1 unspecified atom stereocenters. The minimum absolute atomic E-state index is 0.0939. The van der Waals surface area contributed by atoms with Gasteiger partial charge in [0.1, 0.15) is 5.76 Å². The van der Waals surface area contributed by atoms with Crippen molar-refractivity contribution in [1.29, 1.82) is 0 Å². The summed E-state index contributed by atoms with van der Waals surface area (Å²) in [5, 5.41) is 0. The van der Waals surface area contributed by atoms with Gasteiger partial charge in [0, 0.05) is 21.6 Å². The van der Waals surface area contributed by atoms with Gasteiger partial charge in [-0.05, 0) is 50.1 Å². The molecule has 0 bridgehead atoms. The number of hydrogen-bond acceptors (Lipinski definition) is 4. The fraction of sp³-hybridized carbons (Fsp3) is 0.182. The molecular weight excluding hydrogens is 350 g/mol. The van der Waals surface area contributed by atoms with Crippen LogP contribution in [0.3, 0.4) is 0 Å². The average molecular weight is 361 g/mol. The van der Waals surface area contributed by atoms with Gasteiger partial charge in [-0.3, -0.25) is 16.3 Å². The zero-order valence-corrected chi connectivity index (χ0v) is 12.0. The van der Waals surface area contributed by atoms with Crippen LogP contribution < -0.4 is 11.3 Å². The van der Waals surface area contributed by atoms with Gasteiger partial charge in [-0.15, -0.1) is 0 Å². The van der Waals surface area contributed by atoms with Crippen molar-refractivity contribution in [1.82, 2.24) is 10.4 Å². The second-order valence-corrected chi connectivity index (χ2v) is 5.29. The number of hydrogen-bond donors (Lipinski definition) is 2. The van der Waals surface area contributed by atoms with E-state index in [9.17, 15) is 0 Å². The Bertz CT molecular complexity index is 487. The van der Waals surface area contributed by atoms with E-state index in [0.717, 1.165) is 20.4 Å². The second-order valence-electron chi connectivity index (χ2n) is 3.52. The molecule has 0 fully saturated rings. The summed E-state index contributed by atoms with van der Waals surface area (Å²) in [5.74, 6) is 6.43. The van der Waals surface area contributed by atoms with E-state index in [0.29, 0.717) is 6.42 Å². The monoisotopic (exact) mass is 359 g/mol. The summed E-state index contributed by atoms with van der Waals surface area (Å²) in [6.07, 6.45) is 4.04. The summed E-state index contributed by atoms with van der Waals surface area (Å²) in [4.78, 5) is 4.35. The summed E-state index contributed by atoms with van der Waals surface area (Å²) in [5.41, 5.74) is 3.60. The molecule has 0 saturated heterocycles. The fourth-order valence-electron chi connectivity index (χ4n) is 1.55. The van der Waals surface area contributed by atoms with Gasteiger partial charge in [0.25, 0.3) is 0 Å². The number of aromatic nitrogens is 1. The molecule has 0 radical (unpaired) electrons. The first-order valence-electron chi connectivity index (χ1n) is 5.00. The third-order valence-electron chi connectivity index (χ3n) is 2.35. The smallest absolute Gasteiger partial charge is 0.105 e. The molecule has 6 heteroatoms. The molecule has 0 spiro atoms. The molecule has 17 heavy (non-hydrogen) atoms. The first-order valence-corrected chi connectivity index (χ1v) is 6.58. The normalized spacial score (nSPS) is 12.6. The summed E-state index contributed by atoms with van der Waals surface area (Å²) in [6, 6.07) is 5.61. The van der Waals surface area contributed by atoms with Crippen molar-refractivity contribution < 1.29 is 4.42 Å². The fourth-order valence-corrected chi connectivity index (χ4v) is 2.81. The van der Waals surface area contributed by atoms with Gasteiger partial charge in [0.05, 0.1) is 18.0 Å². The number of nitrogens with one attached hydrogen (secondary N) is 1. The molecule has 0 saturated carbocycles. The Kier molecular flexibility index (Phi) is 4.33. The van der Waals surface area contributed by atoms with Crippen molar-refractivity contribution in [3.63, 3.8) is 0 Å². The summed E-state index contributed by atoms with van der Waals surface area (Å²) in [6.45, 7) is 0. The maximum Gasteiger partial charge on any atom is 0.105 e. The number of halogens is 2. The third kappa shape index (κ3) is 3.16. The Morgan fingerprint density at radius 3 is 2.88 bits per heavy atom. The van der Waals surface area contributed by atoms with E-state index >= 15 is 0 Å². The first kappa shape index (κ1) is 12.8. The Morgan fingerprint density at radius 2 is 2.29 bits per heavy atom. The summed E-state index contributed by atoms with van der Waals surface area (Å²) in [7, 11) is 0. The molecule has 2 aromatic rings. The molecule has 4 nitrogen and oxygen atoms in total. The van der Waals surface area contributed by atoms with E-state index in [1.807, 2.05) is 18.2 Å². The zero-order chi connectivity index (χ0) is 12.3. The molecule has 2 heterocycles. The molecule has 90 valence electrons. The minimum Gasteiger partial charge on any atom is -0.469 e. The van der Waals surface area contributed by atoms with Gasteiger partial charge >= 0.3 is 0 Å². The molecule has 3 N–H and O–H groups in total. The van der Waals surface area contributed by atoms with Gasteiger partial charge in [-0.1, -0.05) is 0 Å². The van der Waals surface area contributed by atoms with E-state index < -0.39 is 0 Å². The van der Waals surface area contributed by atoms with E-state index in [-0.39, 0.29) is 6.04 Å². The highest BCUT2D eigenvalue weighted by molar-refractivity contribution is 9.11. The van der Waals surface area contributed by atoms with Crippen molar-refractivity contribution in [2.75, 3.05) is 0 Å². The maximum absolute atomic E-state index is 5.56. The van der Waals surface area contributed by atoms with Crippen LogP contribution in [-0.2, 0) is 6.42 Å². The quantitative estimate of drug-likeness (QED) is 0.650. The van der Waals surface area contributed by atoms with Crippen molar-refractivity contribution in [2.45, 2.75) is 12.5 Å². The molecule has 2 aromatic heterocycles. The molecule has 1 atom stereocenters. The first-order chi connectivity index (χ1) is 8.20. The predicted octanol–water partition coefficient (Wildman–Crippen LogP) is 2.95. The highest BCUT2D eigenvalue weighted by atomic mass is 79.9. The lowest BCUT2D eigenvalue weighted by molar-refractivity contribution is 0.448. The van der Waals surface area contributed by atoms with Crippen LogP contribution in [-0.4, -0.2) is 4.98 Å². The van der Waals surface area contributed by atoms with Crippen LogP contribution in [0.2, 0.25) is 0 Å². The van der Waals surface area contributed by atoms with Gasteiger partial charge in [0.15, 0.2) is 0 Å². The highest BCUT2D eigenvalue weighted by Crippen LogP contribution is 2.26. The van der Waals surface area contributed by atoms with Gasteiger partial charge in [-0.2, -0.15) is 0 Å². The van der Waals surface area contributed by atoms with E-state index in [4.69, 9.17) is 10.3 Å². The van der Waals surface area contributed by atoms with Crippen LogP contribution in [0, 0.1) is 0 Å². The van der Waals surface area contributed by atoms with E-state index in [1.165, 1.54) is 0 Å². The minimum atomic E-state index is -0.0939. The van der Waals surface area contributed by atoms with Crippen LogP contribution in [0.15, 0.2) is 44.0 Å². The number of rotatable bonds is 4. The lowest BCUT2D eigenvalue weighted by Crippen LogP contribution is -2.30. The number of furan rings is 1. The van der Waals surface area contributed by atoms with Crippen LogP contribution in [0.1, 0.15) is 17.5 Å². The Balaban J connectivity index is 2.23. The number of nitrogens with two attached hydrogens (primary N) is 1. The molecule has 0 amide bonds. The molecule has 0 aromatic carbocycles. The molecular formula is C11H11Br2N3O. The van der Waals surface area contributed by atoms with Gasteiger partial charge in [0.2, 0.25) is 0 Å². The SMILES string of the molecule is NNC(Cc1ccco1)c1ncc(Br)cc1Br. The maximum atomic E-state index is 5.56. The van der Waals surface area contributed by atoms with Gasteiger partial charge < -0.3 is 4.42 Å². The Hall–Kier alpha value is -0.690. The lowest BCUT2D eigenvalue weighted by Gasteiger charge is -2.15. The Labute approximate surface area is 116 Å². The third-order valence-corrected chi connectivity index (χ3v) is 3.42. The zero-order valence-electron chi connectivity index (χ0n) is 8.86. The van der Waals surface area contributed by atoms with Crippen LogP contribution in [0.25, 0.3) is 0 Å². The number of pyridine rings is 1. The number of hydrazine groups is 1. The van der Waals surface area contributed by atoms with E-state index in [1.54, 1.807) is 12.5 Å². The van der Waals surface area contributed by atoms with E-state index in [2.05, 4.69) is 42.3 Å². The molecule has 0 aliphatic rings. The second kappa shape index (κ2) is 5.77. The molecule has 0 aliphatic heterocycles. The molecule has 2 rings (SSSR count). The van der Waals surface area contributed by atoms with Crippen LogP contribution in [0.4, 0.5) is 0 Å². The standard InChI is InChI=1S/C11H11Br2N3O/c12-7-4-9(13)11(15-6-7)10(16-14)5-8-2-1-3-17-8/h1-4,6,10,16H,5,14H2. The summed E-state index contributed by atoms with van der Waals surface area (Å²) < 4.78 is 7.13. The van der Waals surface area contributed by atoms with Gasteiger partial charge in [-0.25, -0.2) is 0 Å². The van der Waals surface area contributed by atoms with Crippen molar-refractivity contribution in [3.8, 4) is 0 Å². The van der Waals surface area contributed by atoms with Crippen molar-refractivity contribution in [2.24, 2.45) is 5.84 Å². The lowest BCUT2D eigenvalue weighted by atomic mass is 10.1.